The van der Waals surface area contributed by atoms with Crippen LogP contribution in [0.1, 0.15) is 69.6 Å². The molecule has 1 saturated heterocycles. The molecule has 2 atom stereocenters. The molecule has 6 heteroatoms. The van der Waals surface area contributed by atoms with Gasteiger partial charge in [0.15, 0.2) is 15.9 Å². The van der Waals surface area contributed by atoms with Crippen LogP contribution in [0.3, 0.4) is 0 Å². The van der Waals surface area contributed by atoms with Crippen molar-refractivity contribution in [3.05, 3.63) is 65.2 Å². The molecule has 1 heterocycles. The number of carbonyl (C=O) groups is 1. The van der Waals surface area contributed by atoms with Crippen LogP contribution in [-0.4, -0.2) is 42.9 Å². The largest absolute Gasteiger partial charge is 0.481 e. The summed E-state index contributed by atoms with van der Waals surface area (Å²) >= 11 is 0. The average Bonchev–Trinajstić information content (AvgIpc) is 3.11. The maximum atomic E-state index is 13.4. The van der Waals surface area contributed by atoms with Crippen LogP contribution < -0.4 is 4.74 Å². The van der Waals surface area contributed by atoms with Gasteiger partial charge in [0.1, 0.15) is 5.75 Å². The van der Waals surface area contributed by atoms with Gasteiger partial charge >= 0.3 is 0 Å². The number of hydrogen-bond acceptors (Lipinski definition) is 4. The lowest BCUT2D eigenvalue weighted by Crippen LogP contribution is -2.46. The van der Waals surface area contributed by atoms with Crippen molar-refractivity contribution < 1.29 is 17.9 Å². The molecule has 5 nitrogen and oxygen atoms in total. The second kappa shape index (κ2) is 10.1. The van der Waals surface area contributed by atoms with E-state index in [1.807, 2.05) is 36.4 Å². The minimum atomic E-state index is -3.12. The molecule has 2 aromatic carbocycles. The molecule has 2 aromatic rings. The highest BCUT2D eigenvalue weighted by Crippen LogP contribution is 2.24. The molecule has 1 aliphatic rings. The molecule has 0 bridgehead atoms. The first-order valence-electron chi connectivity index (χ1n) is 11.4. The summed E-state index contributed by atoms with van der Waals surface area (Å²) in [6.07, 6.45) is -0.244. The van der Waals surface area contributed by atoms with E-state index in [4.69, 9.17) is 4.74 Å². The van der Waals surface area contributed by atoms with Crippen LogP contribution in [0.2, 0.25) is 0 Å². The Balaban J connectivity index is 1.77. The van der Waals surface area contributed by atoms with E-state index in [9.17, 15) is 13.2 Å². The van der Waals surface area contributed by atoms with E-state index in [1.54, 1.807) is 11.8 Å². The summed E-state index contributed by atoms with van der Waals surface area (Å²) in [6.45, 7) is 10.6. The van der Waals surface area contributed by atoms with Gasteiger partial charge in [-0.2, -0.15) is 0 Å². The molecular weight excluding hydrogens is 422 g/mol. The highest BCUT2D eigenvalue weighted by molar-refractivity contribution is 7.91. The van der Waals surface area contributed by atoms with Crippen LogP contribution in [0.15, 0.2) is 48.5 Å². The van der Waals surface area contributed by atoms with Gasteiger partial charge in [0.2, 0.25) is 0 Å². The molecule has 1 amide bonds. The monoisotopic (exact) mass is 457 g/mol. The summed E-state index contributed by atoms with van der Waals surface area (Å²) in [5.41, 5.74) is 3.43. The molecule has 0 saturated carbocycles. The van der Waals surface area contributed by atoms with Crippen molar-refractivity contribution in [1.29, 1.82) is 0 Å². The summed E-state index contributed by atoms with van der Waals surface area (Å²) in [7, 11) is -3.12. The minimum absolute atomic E-state index is 0.0125. The van der Waals surface area contributed by atoms with E-state index in [1.165, 1.54) is 11.1 Å². The third-order valence-electron chi connectivity index (χ3n) is 6.14. The van der Waals surface area contributed by atoms with E-state index in [2.05, 4.69) is 39.8 Å². The third kappa shape index (κ3) is 6.12. The van der Waals surface area contributed by atoms with Crippen molar-refractivity contribution in [3.8, 4) is 5.75 Å². The van der Waals surface area contributed by atoms with Crippen LogP contribution >= 0.6 is 0 Å². The Morgan fingerprint density at radius 2 is 1.47 bits per heavy atom. The number of nitrogens with zero attached hydrogens (tertiary/aromatic N) is 1. The molecule has 0 aromatic heterocycles. The van der Waals surface area contributed by atoms with Gasteiger partial charge in [0.05, 0.1) is 11.5 Å². The predicted octanol–water partition coefficient (Wildman–Crippen LogP) is 4.92. The molecule has 3 rings (SSSR count). The molecule has 0 radical (unpaired) electrons. The molecule has 174 valence electrons. The molecule has 0 aliphatic carbocycles. The van der Waals surface area contributed by atoms with Gasteiger partial charge in [0.25, 0.3) is 5.91 Å². The van der Waals surface area contributed by atoms with Crippen molar-refractivity contribution in [1.82, 2.24) is 4.90 Å². The Morgan fingerprint density at radius 3 is 1.94 bits per heavy atom. The number of amides is 1. The number of benzene rings is 2. The molecule has 2 unspecified atom stereocenters. The third-order valence-corrected chi connectivity index (χ3v) is 7.89. The van der Waals surface area contributed by atoms with Gasteiger partial charge in [-0.05, 0) is 54.0 Å². The van der Waals surface area contributed by atoms with Crippen LogP contribution in [-0.2, 0) is 21.2 Å². The molecule has 0 N–H and O–H groups in total. The van der Waals surface area contributed by atoms with E-state index >= 15 is 0 Å². The molecular formula is C26H35NO4S. The summed E-state index contributed by atoms with van der Waals surface area (Å²) in [5, 5.41) is 0. The van der Waals surface area contributed by atoms with Gasteiger partial charge in [-0.15, -0.1) is 0 Å². The molecule has 32 heavy (non-hydrogen) atoms. The number of sulfone groups is 1. The first-order chi connectivity index (χ1) is 15.1. The van der Waals surface area contributed by atoms with Crippen molar-refractivity contribution in [2.75, 3.05) is 11.5 Å². The molecule has 0 spiro atoms. The maximum Gasteiger partial charge on any atom is 0.263 e. The van der Waals surface area contributed by atoms with Crippen LogP contribution in [0, 0.1) is 0 Å². The van der Waals surface area contributed by atoms with Crippen molar-refractivity contribution >= 4 is 15.7 Å². The van der Waals surface area contributed by atoms with Crippen LogP contribution in [0.25, 0.3) is 0 Å². The van der Waals surface area contributed by atoms with E-state index in [-0.39, 0.29) is 23.5 Å². The van der Waals surface area contributed by atoms with Crippen LogP contribution in [0.5, 0.6) is 5.75 Å². The summed E-state index contributed by atoms with van der Waals surface area (Å²) in [5.74, 6) is 1.43. The smallest absolute Gasteiger partial charge is 0.263 e. The first kappa shape index (κ1) is 24.3. The first-order valence-corrected chi connectivity index (χ1v) is 13.2. The zero-order chi connectivity index (χ0) is 23.5. The Kier molecular flexibility index (Phi) is 7.65. The van der Waals surface area contributed by atoms with Crippen molar-refractivity contribution in [2.24, 2.45) is 0 Å². The van der Waals surface area contributed by atoms with Crippen LogP contribution in [0.4, 0.5) is 0 Å². The standard InChI is InChI=1S/C26H35NO4S/c1-18(2)22-8-6-21(7-9-22)16-27(24-14-15-32(29,30)17-24)26(28)20(5)31-25-12-10-23(11-13-25)19(3)4/h6-13,18-20,24H,14-17H2,1-5H3. The SMILES string of the molecule is CC(Oc1ccc(C(C)C)cc1)C(=O)N(Cc1ccc(C(C)C)cc1)C1CCS(=O)(=O)C1. The fourth-order valence-corrected chi connectivity index (χ4v) is 5.76. The van der Waals surface area contributed by atoms with Crippen molar-refractivity contribution in [3.63, 3.8) is 0 Å². The number of rotatable bonds is 8. The Bertz CT molecular complexity index is 1010. The second-order valence-electron chi connectivity index (χ2n) is 9.40. The second-order valence-corrected chi connectivity index (χ2v) is 11.6. The minimum Gasteiger partial charge on any atom is -0.481 e. The number of hydrogen-bond donors (Lipinski definition) is 0. The maximum absolute atomic E-state index is 13.4. The zero-order valence-electron chi connectivity index (χ0n) is 19.7. The lowest BCUT2D eigenvalue weighted by atomic mass is 10.0. The number of ether oxygens (including phenoxy) is 1. The predicted molar refractivity (Wildman–Crippen MR) is 129 cm³/mol. The quantitative estimate of drug-likeness (QED) is 0.565. The lowest BCUT2D eigenvalue weighted by molar-refractivity contribution is -0.140. The lowest BCUT2D eigenvalue weighted by Gasteiger charge is -2.31. The zero-order valence-corrected chi connectivity index (χ0v) is 20.6. The average molecular weight is 458 g/mol. The molecule has 1 fully saturated rings. The topological polar surface area (TPSA) is 63.7 Å². The highest BCUT2D eigenvalue weighted by atomic mass is 32.2. The summed E-state index contributed by atoms with van der Waals surface area (Å²) in [4.78, 5) is 15.1. The van der Waals surface area contributed by atoms with Gasteiger partial charge in [-0.1, -0.05) is 64.1 Å². The van der Waals surface area contributed by atoms with Gasteiger partial charge in [0, 0.05) is 12.6 Å². The normalized spacial score (nSPS) is 18.7. The molecule has 1 aliphatic heterocycles. The Morgan fingerprint density at radius 1 is 0.938 bits per heavy atom. The Hall–Kier alpha value is -2.34. The fraction of sp³-hybridized carbons (Fsp3) is 0.500. The van der Waals surface area contributed by atoms with Gasteiger partial charge in [-0.3, -0.25) is 4.79 Å². The van der Waals surface area contributed by atoms with Gasteiger partial charge in [-0.25, -0.2) is 8.42 Å². The fourth-order valence-electron chi connectivity index (χ4n) is 4.03. The van der Waals surface area contributed by atoms with E-state index < -0.39 is 15.9 Å². The Labute approximate surface area is 192 Å². The summed E-state index contributed by atoms with van der Waals surface area (Å²) in [6, 6.07) is 15.6. The van der Waals surface area contributed by atoms with E-state index in [0.717, 1.165) is 5.56 Å². The van der Waals surface area contributed by atoms with Gasteiger partial charge < -0.3 is 9.64 Å². The van der Waals surface area contributed by atoms with E-state index in [0.29, 0.717) is 30.6 Å². The number of carbonyl (C=O) groups excluding carboxylic acids is 1. The highest BCUT2D eigenvalue weighted by Gasteiger charge is 2.36. The van der Waals surface area contributed by atoms with Crippen molar-refractivity contribution in [2.45, 2.75) is 71.6 Å². The summed E-state index contributed by atoms with van der Waals surface area (Å²) < 4.78 is 30.2.